The second-order valence-corrected chi connectivity index (χ2v) is 12.6. The van der Waals surface area contributed by atoms with Crippen LogP contribution in [0.4, 0.5) is 5.00 Å². The van der Waals surface area contributed by atoms with Crippen LogP contribution >= 0.6 is 11.3 Å². The largest absolute Gasteiger partial charge is 0.365 e. The van der Waals surface area contributed by atoms with E-state index in [0.29, 0.717) is 11.5 Å². The molecule has 4 saturated carbocycles. The van der Waals surface area contributed by atoms with Gasteiger partial charge in [-0.05, 0) is 92.4 Å². The minimum Gasteiger partial charge on any atom is -0.365 e. The van der Waals surface area contributed by atoms with Gasteiger partial charge in [-0.2, -0.15) is 0 Å². The molecule has 5 aliphatic rings. The number of amides is 2. The van der Waals surface area contributed by atoms with E-state index in [1.807, 2.05) is 0 Å². The van der Waals surface area contributed by atoms with Gasteiger partial charge in [0.15, 0.2) is 0 Å². The summed E-state index contributed by atoms with van der Waals surface area (Å²) in [6, 6.07) is 0. The fourth-order valence-corrected chi connectivity index (χ4v) is 8.84. The van der Waals surface area contributed by atoms with E-state index in [0.717, 1.165) is 73.3 Å². The highest BCUT2D eigenvalue weighted by Gasteiger charge is 2.54. The zero-order valence-corrected chi connectivity index (χ0v) is 19.5. The summed E-state index contributed by atoms with van der Waals surface area (Å²) < 4.78 is 0. The Morgan fingerprint density at radius 2 is 1.73 bits per heavy atom. The van der Waals surface area contributed by atoms with Gasteiger partial charge in [-0.15, -0.1) is 11.3 Å². The first-order chi connectivity index (χ1) is 14.2. The quantitative estimate of drug-likeness (QED) is 0.646. The predicted molar refractivity (Wildman–Crippen MR) is 122 cm³/mol. The van der Waals surface area contributed by atoms with Crippen LogP contribution in [0.3, 0.4) is 0 Å². The molecular weight excluding hydrogens is 392 g/mol. The molecule has 2 amide bonds. The third-order valence-corrected chi connectivity index (χ3v) is 10.4. The van der Waals surface area contributed by atoms with Gasteiger partial charge in [0.25, 0.3) is 5.91 Å². The van der Waals surface area contributed by atoms with Gasteiger partial charge in [0.05, 0.1) is 11.0 Å². The number of rotatable bonds is 5. The number of anilines is 1. The summed E-state index contributed by atoms with van der Waals surface area (Å²) >= 11 is 1.62. The minimum absolute atomic E-state index is 0.160. The normalized spacial score (nSPS) is 34.6. The van der Waals surface area contributed by atoms with Gasteiger partial charge < -0.3 is 11.1 Å². The van der Waals surface area contributed by atoms with Crippen LogP contribution < -0.4 is 11.1 Å². The number of carbonyl (C=O) groups excluding carboxylic acids is 2. The Kier molecular flexibility index (Phi) is 4.85. The molecule has 4 bridgehead atoms. The molecule has 3 N–H and O–H groups in total. The first-order valence-electron chi connectivity index (χ1n) is 12.0. The summed E-state index contributed by atoms with van der Waals surface area (Å²) in [6.07, 6.45) is 11.2. The Balaban J connectivity index is 1.42. The second kappa shape index (κ2) is 7.08. The SMILES string of the molecule is CCC(C)(C)C1CCc2c(sc(NC(=O)C34CC5CC(CC(C5)C3)C4)c2C(N)=O)C1. The van der Waals surface area contributed by atoms with E-state index in [1.54, 1.807) is 11.3 Å². The van der Waals surface area contributed by atoms with E-state index in [4.69, 9.17) is 5.73 Å². The molecule has 5 aliphatic carbocycles. The van der Waals surface area contributed by atoms with E-state index in [1.165, 1.54) is 24.1 Å². The number of nitrogens with two attached hydrogens (primary N) is 1. The van der Waals surface area contributed by atoms with Gasteiger partial charge in [0.2, 0.25) is 5.91 Å². The molecule has 6 rings (SSSR count). The smallest absolute Gasteiger partial charge is 0.251 e. The van der Waals surface area contributed by atoms with Gasteiger partial charge in [-0.3, -0.25) is 9.59 Å². The molecule has 1 unspecified atom stereocenters. The number of carbonyl (C=O) groups is 2. The van der Waals surface area contributed by atoms with Crippen molar-refractivity contribution in [2.24, 2.45) is 40.2 Å². The predicted octanol–water partition coefficient (Wildman–Crippen LogP) is 5.54. The van der Waals surface area contributed by atoms with Crippen molar-refractivity contribution in [2.75, 3.05) is 5.32 Å². The Morgan fingerprint density at radius 1 is 1.13 bits per heavy atom. The van der Waals surface area contributed by atoms with Gasteiger partial charge in [-0.25, -0.2) is 0 Å². The van der Waals surface area contributed by atoms with Gasteiger partial charge in [0.1, 0.15) is 5.00 Å². The lowest BCUT2D eigenvalue weighted by Crippen LogP contribution is -2.51. The van der Waals surface area contributed by atoms with Gasteiger partial charge in [-0.1, -0.05) is 27.2 Å². The average molecular weight is 429 g/mol. The third-order valence-electron chi connectivity index (χ3n) is 9.28. The second-order valence-electron chi connectivity index (χ2n) is 11.5. The minimum atomic E-state index is -0.387. The fourth-order valence-electron chi connectivity index (χ4n) is 7.51. The summed E-state index contributed by atoms with van der Waals surface area (Å²) in [5, 5.41) is 3.98. The summed E-state index contributed by atoms with van der Waals surface area (Å²) in [7, 11) is 0. The molecule has 4 fully saturated rings. The molecule has 1 aromatic heterocycles. The van der Waals surface area contributed by atoms with Crippen LogP contribution in [0, 0.1) is 34.5 Å². The van der Waals surface area contributed by atoms with Crippen molar-refractivity contribution < 1.29 is 9.59 Å². The maximum absolute atomic E-state index is 13.6. The summed E-state index contributed by atoms with van der Waals surface area (Å²) in [4.78, 5) is 27.2. The van der Waals surface area contributed by atoms with Crippen molar-refractivity contribution in [1.82, 2.24) is 0 Å². The topological polar surface area (TPSA) is 72.2 Å². The van der Waals surface area contributed by atoms with Crippen molar-refractivity contribution in [3.63, 3.8) is 0 Å². The van der Waals surface area contributed by atoms with Crippen LogP contribution in [0.5, 0.6) is 0 Å². The van der Waals surface area contributed by atoms with E-state index in [9.17, 15) is 9.59 Å². The standard InChI is InChI=1S/C25H36N2O2S/c1-4-24(2,3)17-5-6-18-19(10-17)30-22(20(18)21(26)28)27-23(29)25-11-14-7-15(12-25)9-16(8-14)13-25/h14-17H,4-13H2,1-3H3,(H2,26,28)(H,27,29). The van der Waals surface area contributed by atoms with Gasteiger partial charge >= 0.3 is 0 Å². The summed E-state index contributed by atoms with van der Waals surface area (Å²) in [5.74, 6) is 2.57. The Labute approximate surface area is 184 Å². The molecule has 30 heavy (non-hydrogen) atoms. The van der Waals surface area contributed by atoms with Crippen LogP contribution in [0.25, 0.3) is 0 Å². The first-order valence-corrected chi connectivity index (χ1v) is 12.8. The van der Waals surface area contributed by atoms with Crippen LogP contribution in [0.1, 0.15) is 92.9 Å². The highest BCUT2D eigenvalue weighted by Crippen LogP contribution is 2.60. The summed E-state index contributed by atoms with van der Waals surface area (Å²) in [6.45, 7) is 6.96. The maximum atomic E-state index is 13.6. The van der Waals surface area contributed by atoms with Crippen molar-refractivity contribution >= 4 is 28.2 Å². The highest BCUT2D eigenvalue weighted by molar-refractivity contribution is 7.17. The Morgan fingerprint density at radius 3 is 2.27 bits per heavy atom. The number of thiophene rings is 1. The van der Waals surface area contributed by atoms with E-state index < -0.39 is 0 Å². The van der Waals surface area contributed by atoms with Crippen LogP contribution in [0.2, 0.25) is 0 Å². The number of hydrogen-bond donors (Lipinski definition) is 2. The molecule has 0 saturated heterocycles. The lowest BCUT2D eigenvalue weighted by Gasteiger charge is -2.55. The molecule has 5 heteroatoms. The van der Waals surface area contributed by atoms with E-state index >= 15 is 0 Å². The molecule has 1 aromatic rings. The van der Waals surface area contributed by atoms with Gasteiger partial charge in [0, 0.05) is 4.88 Å². The van der Waals surface area contributed by atoms with E-state index in [2.05, 4.69) is 26.1 Å². The average Bonchev–Trinajstić information content (AvgIpc) is 3.04. The highest BCUT2D eigenvalue weighted by atomic mass is 32.1. The number of nitrogens with one attached hydrogen (secondary N) is 1. The molecule has 164 valence electrons. The fraction of sp³-hybridized carbons (Fsp3) is 0.760. The number of hydrogen-bond acceptors (Lipinski definition) is 3. The third kappa shape index (κ3) is 3.23. The van der Waals surface area contributed by atoms with Crippen LogP contribution in [-0.4, -0.2) is 11.8 Å². The van der Waals surface area contributed by atoms with Crippen molar-refractivity contribution in [1.29, 1.82) is 0 Å². The first kappa shape index (κ1) is 20.5. The molecule has 1 atom stereocenters. The van der Waals surface area contributed by atoms with Crippen LogP contribution in [-0.2, 0) is 17.6 Å². The zero-order valence-electron chi connectivity index (χ0n) is 18.7. The Hall–Kier alpha value is -1.36. The molecule has 0 spiro atoms. The molecule has 0 aromatic carbocycles. The number of fused-ring (bicyclic) bond motifs is 1. The summed E-state index contributed by atoms with van der Waals surface area (Å²) in [5.41, 5.74) is 7.62. The molecule has 4 nitrogen and oxygen atoms in total. The lowest BCUT2D eigenvalue weighted by atomic mass is 9.49. The lowest BCUT2D eigenvalue weighted by molar-refractivity contribution is -0.140. The maximum Gasteiger partial charge on any atom is 0.251 e. The van der Waals surface area contributed by atoms with Crippen LogP contribution in [0.15, 0.2) is 0 Å². The van der Waals surface area contributed by atoms with Crippen molar-refractivity contribution in [2.45, 2.75) is 85.0 Å². The Bertz CT molecular complexity index is 849. The monoisotopic (exact) mass is 428 g/mol. The zero-order chi connectivity index (χ0) is 21.3. The molecular formula is C25H36N2O2S. The molecule has 0 radical (unpaired) electrons. The molecule has 1 heterocycles. The molecule has 0 aliphatic heterocycles. The number of primary amides is 1. The van der Waals surface area contributed by atoms with Crippen molar-refractivity contribution in [3.05, 3.63) is 16.0 Å². The van der Waals surface area contributed by atoms with Crippen molar-refractivity contribution in [3.8, 4) is 0 Å². The van der Waals surface area contributed by atoms with E-state index in [-0.39, 0.29) is 22.6 Å².